The number of sulfonamides is 1. The molecule has 1 fully saturated rings. The Labute approximate surface area is 133 Å². The lowest BCUT2D eigenvalue weighted by Crippen LogP contribution is -2.52. The van der Waals surface area contributed by atoms with Crippen LogP contribution in [0.25, 0.3) is 0 Å². The van der Waals surface area contributed by atoms with Gasteiger partial charge in [0.2, 0.25) is 10.0 Å². The number of nitrogens with two attached hydrogens (primary N) is 1. The highest BCUT2D eigenvalue weighted by atomic mass is 79.9. The number of likely N-dealkylation sites (N-methyl/N-ethyl adjacent to an activating group) is 1. The molecule has 1 saturated heterocycles. The van der Waals surface area contributed by atoms with Gasteiger partial charge in [-0.3, -0.25) is 0 Å². The van der Waals surface area contributed by atoms with Crippen LogP contribution < -0.4 is 5.73 Å². The zero-order valence-electron chi connectivity index (χ0n) is 12.0. The Balaban J connectivity index is 2.43. The van der Waals surface area contributed by atoms with E-state index in [1.807, 2.05) is 14.0 Å². The third-order valence-corrected chi connectivity index (χ3v) is 6.16. The largest absolute Gasteiger partial charge is 0.326 e. The quantitative estimate of drug-likeness (QED) is 0.860. The molecule has 1 aliphatic heterocycles. The SMILES string of the molecule is CC1CN(S(=O)(=O)c2cc(Br)cc(CN)c2F)CCN1C. The van der Waals surface area contributed by atoms with E-state index in [2.05, 4.69) is 20.8 Å². The standard InChI is InChI=1S/C13H19BrFN3O2S/c1-9-8-18(4-3-17(9)2)21(19,20)12-6-11(14)5-10(7-16)13(12)15/h5-6,9H,3-4,7-8,16H2,1-2H3. The van der Waals surface area contributed by atoms with E-state index in [-0.39, 0.29) is 23.0 Å². The van der Waals surface area contributed by atoms with Crippen molar-refractivity contribution in [3.8, 4) is 0 Å². The van der Waals surface area contributed by atoms with Crippen LogP contribution in [0.4, 0.5) is 4.39 Å². The topological polar surface area (TPSA) is 66.6 Å². The lowest BCUT2D eigenvalue weighted by atomic mass is 10.2. The molecule has 1 aliphatic rings. The zero-order valence-corrected chi connectivity index (χ0v) is 14.4. The maximum atomic E-state index is 14.4. The number of benzene rings is 1. The Kier molecular flexibility index (Phi) is 5.04. The molecule has 2 rings (SSSR count). The average molecular weight is 380 g/mol. The summed E-state index contributed by atoms with van der Waals surface area (Å²) in [6, 6.07) is 2.89. The number of piperazine rings is 1. The number of hydrogen-bond donors (Lipinski definition) is 1. The summed E-state index contributed by atoms with van der Waals surface area (Å²) in [6.07, 6.45) is 0. The van der Waals surface area contributed by atoms with Crippen molar-refractivity contribution in [2.24, 2.45) is 5.73 Å². The van der Waals surface area contributed by atoms with Gasteiger partial charge in [-0.1, -0.05) is 15.9 Å². The van der Waals surface area contributed by atoms with Crippen LogP contribution in [-0.4, -0.2) is 50.3 Å². The van der Waals surface area contributed by atoms with Gasteiger partial charge >= 0.3 is 0 Å². The minimum Gasteiger partial charge on any atom is -0.326 e. The number of nitrogens with zero attached hydrogens (tertiary/aromatic N) is 2. The second kappa shape index (κ2) is 6.29. The van der Waals surface area contributed by atoms with Crippen LogP contribution in [0.1, 0.15) is 12.5 Å². The summed E-state index contributed by atoms with van der Waals surface area (Å²) in [5.74, 6) is -0.757. The van der Waals surface area contributed by atoms with Gasteiger partial charge in [0.15, 0.2) is 0 Å². The molecule has 1 heterocycles. The smallest absolute Gasteiger partial charge is 0.246 e. The van der Waals surface area contributed by atoms with Gasteiger partial charge in [0.25, 0.3) is 0 Å². The molecule has 5 nitrogen and oxygen atoms in total. The molecule has 8 heteroatoms. The number of rotatable bonds is 3. The Morgan fingerprint density at radius 2 is 2.10 bits per heavy atom. The average Bonchev–Trinajstić information content (AvgIpc) is 2.43. The fourth-order valence-electron chi connectivity index (χ4n) is 2.33. The second-order valence-corrected chi connectivity index (χ2v) is 8.10. The number of halogens is 2. The van der Waals surface area contributed by atoms with Gasteiger partial charge in [0.05, 0.1) is 0 Å². The Hall–Kier alpha value is -0.540. The molecule has 0 spiro atoms. The Bertz CT molecular complexity index is 639. The monoisotopic (exact) mass is 379 g/mol. The molecule has 0 aromatic heterocycles. The molecule has 1 aromatic carbocycles. The zero-order chi connectivity index (χ0) is 15.8. The predicted molar refractivity (Wildman–Crippen MR) is 82.8 cm³/mol. The third-order valence-electron chi connectivity index (χ3n) is 3.84. The van der Waals surface area contributed by atoms with Crippen LogP contribution in [0.3, 0.4) is 0 Å². The molecule has 1 unspecified atom stereocenters. The normalized spacial score (nSPS) is 21.7. The second-order valence-electron chi connectivity index (χ2n) is 5.27. The molecule has 1 atom stereocenters. The molecular weight excluding hydrogens is 361 g/mol. The molecule has 0 bridgehead atoms. The summed E-state index contributed by atoms with van der Waals surface area (Å²) in [5, 5.41) is 0. The molecule has 2 N–H and O–H groups in total. The lowest BCUT2D eigenvalue weighted by Gasteiger charge is -2.36. The first-order valence-electron chi connectivity index (χ1n) is 6.65. The summed E-state index contributed by atoms with van der Waals surface area (Å²) in [4.78, 5) is 1.77. The fraction of sp³-hybridized carbons (Fsp3) is 0.538. The molecule has 0 amide bonds. The first-order valence-corrected chi connectivity index (χ1v) is 8.89. The Morgan fingerprint density at radius 3 is 2.67 bits per heavy atom. The van der Waals surface area contributed by atoms with Crippen molar-refractivity contribution in [2.45, 2.75) is 24.4 Å². The Morgan fingerprint density at radius 1 is 1.43 bits per heavy atom. The van der Waals surface area contributed by atoms with Crippen molar-refractivity contribution in [1.82, 2.24) is 9.21 Å². The van der Waals surface area contributed by atoms with E-state index < -0.39 is 15.8 Å². The highest BCUT2D eigenvalue weighted by Gasteiger charge is 2.33. The first-order chi connectivity index (χ1) is 9.77. The summed E-state index contributed by atoms with van der Waals surface area (Å²) >= 11 is 3.21. The highest BCUT2D eigenvalue weighted by Crippen LogP contribution is 2.27. The van der Waals surface area contributed by atoms with E-state index in [0.29, 0.717) is 24.1 Å². The number of hydrogen-bond acceptors (Lipinski definition) is 4. The van der Waals surface area contributed by atoms with E-state index in [0.717, 1.165) is 0 Å². The molecule has 0 aliphatic carbocycles. The highest BCUT2D eigenvalue weighted by molar-refractivity contribution is 9.10. The lowest BCUT2D eigenvalue weighted by molar-refractivity contribution is 0.159. The minimum atomic E-state index is -3.86. The van der Waals surface area contributed by atoms with Crippen LogP contribution in [0.5, 0.6) is 0 Å². The van der Waals surface area contributed by atoms with Crippen molar-refractivity contribution in [3.63, 3.8) is 0 Å². The van der Waals surface area contributed by atoms with Gasteiger partial charge in [-0.25, -0.2) is 12.8 Å². The predicted octanol–water partition coefficient (Wildman–Crippen LogP) is 1.37. The summed E-state index contributed by atoms with van der Waals surface area (Å²) < 4.78 is 41.6. The maximum Gasteiger partial charge on any atom is 0.246 e. The van der Waals surface area contributed by atoms with Gasteiger partial charge in [-0.2, -0.15) is 4.31 Å². The van der Waals surface area contributed by atoms with E-state index >= 15 is 0 Å². The third kappa shape index (κ3) is 3.29. The van der Waals surface area contributed by atoms with E-state index in [1.165, 1.54) is 16.4 Å². The van der Waals surface area contributed by atoms with Crippen LogP contribution in [0, 0.1) is 5.82 Å². The maximum absolute atomic E-state index is 14.4. The molecule has 21 heavy (non-hydrogen) atoms. The van der Waals surface area contributed by atoms with Crippen LogP contribution in [0.15, 0.2) is 21.5 Å². The molecular formula is C13H19BrFN3O2S. The van der Waals surface area contributed by atoms with E-state index in [9.17, 15) is 12.8 Å². The van der Waals surface area contributed by atoms with Crippen molar-refractivity contribution < 1.29 is 12.8 Å². The van der Waals surface area contributed by atoms with Crippen molar-refractivity contribution >= 4 is 26.0 Å². The van der Waals surface area contributed by atoms with E-state index in [4.69, 9.17) is 5.73 Å². The molecule has 1 aromatic rings. The van der Waals surface area contributed by atoms with Crippen LogP contribution >= 0.6 is 15.9 Å². The van der Waals surface area contributed by atoms with Gasteiger partial charge in [-0.15, -0.1) is 0 Å². The van der Waals surface area contributed by atoms with Gasteiger partial charge in [0, 0.05) is 42.3 Å². The van der Waals surface area contributed by atoms with Crippen LogP contribution in [0.2, 0.25) is 0 Å². The van der Waals surface area contributed by atoms with Crippen molar-refractivity contribution in [1.29, 1.82) is 0 Å². The van der Waals surface area contributed by atoms with Crippen LogP contribution in [-0.2, 0) is 16.6 Å². The van der Waals surface area contributed by atoms with Gasteiger partial charge in [0.1, 0.15) is 10.7 Å². The van der Waals surface area contributed by atoms with E-state index in [1.54, 1.807) is 0 Å². The van der Waals surface area contributed by atoms with Crippen molar-refractivity contribution in [2.75, 3.05) is 26.7 Å². The molecule has 118 valence electrons. The first kappa shape index (κ1) is 16.8. The van der Waals surface area contributed by atoms with Gasteiger partial charge in [-0.05, 0) is 26.1 Å². The minimum absolute atomic E-state index is 0.0487. The summed E-state index contributed by atoms with van der Waals surface area (Å²) in [7, 11) is -1.91. The summed E-state index contributed by atoms with van der Waals surface area (Å²) in [6.45, 7) is 3.23. The molecule has 0 saturated carbocycles. The molecule has 0 radical (unpaired) electrons. The fourth-order valence-corrected chi connectivity index (χ4v) is 4.63. The van der Waals surface area contributed by atoms with Gasteiger partial charge < -0.3 is 10.6 Å². The van der Waals surface area contributed by atoms with Crippen molar-refractivity contribution in [3.05, 3.63) is 28.0 Å². The summed E-state index contributed by atoms with van der Waals surface area (Å²) in [5.41, 5.74) is 5.66.